The molecular weight excluding hydrogens is 411 g/mol. The van der Waals surface area contributed by atoms with Gasteiger partial charge >= 0.3 is 6.18 Å². The molecule has 2 aromatic carbocycles. The van der Waals surface area contributed by atoms with Crippen molar-refractivity contribution < 1.29 is 22.7 Å². The third-order valence-electron chi connectivity index (χ3n) is 4.63. The van der Waals surface area contributed by atoms with E-state index in [1.807, 2.05) is 0 Å². The van der Waals surface area contributed by atoms with Gasteiger partial charge in [-0.25, -0.2) is 20.8 Å². The Labute approximate surface area is 174 Å². The molecule has 0 spiro atoms. The first kappa shape index (κ1) is 20.4. The van der Waals surface area contributed by atoms with Crippen LogP contribution in [0.3, 0.4) is 0 Å². The monoisotopic (exact) mass is 427 g/mol. The number of nitrogens with two attached hydrogens (primary N) is 1. The number of alkyl halides is 3. The number of benzene rings is 2. The summed E-state index contributed by atoms with van der Waals surface area (Å²) in [6.07, 6.45) is -3.09. The second-order valence-electron chi connectivity index (χ2n) is 6.56. The van der Waals surface area contributed by atoms with Gasteiger partial charge in [-0.05, 0) is 24.3 Å². The number of imidazole rings is 1. The summed E-state index contributed by atoms with van der Waals surface area (Å²) in [7, 11) is 1.41. The van der Waals surface area contributed by atoms with Crippen molar-refractivity contribution in [1.29, 1.82) is 0 Å². The molecule has 7 nitrogen and oxygen atoms in total. The SMILES string of the molecule is COc1cc(C(=O)N(N)c2ccccn2)c2nc(-c3ccccc3C(F)(F)F)[nH]c2c1. The van der Waals surface area contributed by atoms with E-state index < -0.39 is 17.6 Å². The number of aromatic amines is 1. The van der Waals surface area contributed by atoms with E-state index in [0.29, 0.717) is 11.3 Å². The molecule has 0 unspecified atom stereocenters. The van der Waals surface area contributed by atoms with Crippen LogP contribution in [-0.2, 0) is 6.18 Å². The maximum Gasteiger partial charge on any atom is 0.417 e. The van der Waals surface area contributed by atoms with E-state index in [2.05, 4.69) is 15.0 Å². The van der Waals surface area contributed by atoms with Gasteiger partial charge in [0.05, 0.1) is 23.8 Å². The van der Waals surface area contributed by atoms with Crippen molar-refractivity contribution in [2.45, 2.75) is 6.18 Å². The molecule has 0 bridgehead atoms. The molecule has 2 heterocycles. The molecule has 0 fully saturated rings. The highest BCUT2D eigenvalue weighted by atomic mass is 19.4. The number of hydrazine groups is 1. The average Bonchev–Trinajstić information content (AvgIpc) is 3.21. The molecule has 0 aliphatic heterocycles. The fourth-order valence-corrected chi connectivity index (χ4v) is 3.17. The van der Waals surface area contributed by atoms with Gasteiger partial charge in [0.25, 0.3) is 5.91 Å². The summed E-state index contributed by atoms with van der Waals surface area (Å²) < 4.78 is 45.6. The third-order valence-corrected chi connectivity index (χ3v) is 4.63. The Morgan fingerprint density at radius 1 is 1.13 bits per heavy atom. The number of nitrogens with zero attached hydrogens (tertiary/aromatic N) is 3. The number of anilines is 1. The molecule has 3 N–H and O–H groups in total. The largest absolute Gasteiger partial charge is 0.497 e. The first-order chi connectivity index (χ1) is 14.8. The molecule has 0 saturated carbocycles. The molecule has 31 heavy (non-hydrogen) atoms. The number of carbonyl (C=O) groups excluding carboxylic acids is 1. The van der Waals surface area contributed by atoms with Crippen molar-refractivity contribution in [3.05, 3.63) is 71.9 Å². The van der Waals surface area contributed by atoms with Crippen molar-refractivity contribution >= 4 is 22.8 Å². The summed E-state index contributed by atoms with van der Waals surface area (Å²) >= 11 is 0. The average molecular weight is 427 g/mol. The first-order valence-electron chi connectivity index (χ1n) is 9.04. The standard InChI is InChI=1S/C21H16F3N5O2/c1-31-12-10-14(20(30)29(25)17-8-4-5-9-26-17)18-16(11-12)27-19(28-18)13-6-2-3-7-15(13)21(22,23)24/h2-11H,25H2,1H3,(H,27,28). The number of hydrogen-bond acceptors (Lipinski definition) is 5. The highest BCUT2D eigenvalue weighted by molar-refractivity contribution is 6.12. The van der Waals surface area contributed by atoms with Crippen LogP contribution in [0.15, 0.2) is 60.8 Å². The number of pyridine rings is 1. The molecule has 0 radical (unpaired) electrons. The smallest absolute Gasteiger partial charge is 0.417 e. The van der Waals surface area contributed by atoms with Gasteiger partial charge in [0.15, 0.2) is 0 Å². The van der Waals surface area contributed by atoms with Gasteiger partial charge in [-0.1, -0.05) is 24.3 Å². The van der Waals surface area contributed by atoms with E-state index in [0.717, 1.165) is 11.1 Å². The number of H-pyrrole nitrogens is 1. The van der Waals surface area contributed by atoms with Gasteiger partial charge in [-0.15, -0.1) is 0 Å². The van der Waals surface area contributed by atoms with Crippen molar-refractivity contribution in [1.82, 2.24) is 15.0 Å². The summed E-state index contributed by atoms with van der Waals surface area (Å²) in [5, 5.41) is 0.840. The maximum absolute atomic E-state index is 13.5. The maximum atomic E-state index is 13.5. The Kier molecular flexibility index (Phi) is 5.07. The van der Waals surface area contributed by atoms with Gasteiger partial charge in [0.2, 0.25) is 0 Å². The number of halogens is 3. The minimum absolute atomic E-state index is 0.0355. The Morgan fingerprint density at radius 2 is 1.87 bits per heavy atom. The fraction of sp³-hybridized carbons (Fsp3) is 0.0952. The minimum Gasteiger partial charge on any atom is -0.497 e. The van der Waals surface area contributed by atoms with E-state index in [-0.39, 0.29) is 28.3 Å². The predicted molar refractivity (Wildman–Crippen MR) is 108 cm³/mol. The zero-order valence-electron chi connectivity index (χ0n) is 16.1. The number of hydrogen-bond donors (Lipinski definition) is 2. The molecule has 0 aliphatic rings. The molecule has 0 atom stereocenters. The zero-order valence-corrected chi connectivity index (χ0v) is 16.1. The lowest BCUT2D eigenvalue weighted by atomic mass is 10.1. The molecule has 2 aromatic heterocycles. The van der Waals surface area contributed by atoms with Crippen LogP contribution in [0.1, 0.15) is 15.9 Å². The van der Waals surface area contributed by atoms with Crippen molar-refractivity contribution in [2.24, 2.45) is 5.84 Å². The van der Waals surface area contributed by atoms with Crippen LogP contribution < -0.4 is 15.6 Å². The van der Waals surface area contributed by atoms with Crippen LogP contribution in [0.25, 0.3) is 22.4 Å². The fourth-order valence-electron chi connectivity index (χ4n) is 3.17. The van der Waals surface area contributed by atoms with Gasteiger partial charge in [-0.3, -0.25) is 4.79 Å². The van der Waals surface area contributed by atoms with E-state index in [1.54, 1.807) is 24.3 Å². The van der Waals surface area contributed by atoms with Crippen LogP contribution in [-0.4, -0.2) is 28.0 Å². The van der Waals surface area contributed by atoms with Gasteiger partial charge < -0.3 is 9.72 Å². The highest BCUT2D eigenvalue weighted by Gasteiger charge is 2.34. The van der Waals surface area contributed by atoms with Gasteiger partial charge in [0.1, 0.15) is 22.9 Å². The lowest BCUT2D eigenvalue weighted by Gasteiger charge is -2.16. The number of rotatable bonds is 4. The van der Waals surface area contributed by atoms with E-state index in [1.165, 1.54) is 37.6 Å². The van der Waals surface area contributed by atoms with Crippen molar-refractivity contribution in [3.8, 4) is 17.1 Å². The lowest BCUT2D eigenvalue weighted by molar-refractivity contribution is -0.137. The summed E-state index contributed by atoms with van der Waals surface area (Å²) in [5.41, 5.74) is -0.455. The summed E-state index contributed by atoms with van der Waals surface area (Å²) in [6.45, 7) is 0. The van der Waals surface area contributed by atoms with Crippen LogP contribution in [0.5, 0.6) is 5.75 Å². The number of fused-ring (bicyclic) bond motifs is 1. The minimum atomic E-state index is -4.57. The van der Waals surface area contributed by atoms with Crippen molar-refractivity contribution in [2.75, 3.05) is 12.1 Å². The Balaban J connectivity index is 1.87. The third kappa shape index (κ3) is 3.80. The van der Waals surface area contributed by atoms with Gasteiger partial charge in [0, 0.05) is 17.8 Å². The van der Waals surface area contributed by atoms with E-state index >= 15 is 0 Å². The molecule has 4 rings (SSSR count). The molecule has 1 amide bonds. The Hall–Kier alpha value is -3.92. The molecule has 0 aliphatic carbocycles. The molecule has 4 aromatic rings. The van der Waals surface area contributed by atoms with Crippen LogP contribution in [0.2, 0.25) is 0 Å². The second kappa shape index (κ2) is 7.73. The Morgan fingerprint density at radius 3 is 2.55 bits per heavy atom. The van der Waals surface area contributed by atoms with E-state index in [4.69, 9.17) is 10.6 Å². The molecule has 10 heteroatoms. The quantitative estimate of drug-likeness (QED) is 0.289. The second-order valence-corrected chi connectivity index (χ2v) is 6.56. The number of aromatic nitrogens is 3. The normalized spacial score (nSPS) is 11.5. The number of ether oxygens (including phenoxy) is 1. The lowest BCUT2D eigenvalue weighted by Crippen LogP contribution is -2.38. The number of amides is 1. The zero-order chi connectivity index (χ0) is 22.2. The van der Waals surface area contributed by atoms with Crippen LogP contribution >= 0.6 is 0 Å². The van der Waals surface area contributed by atoms with E-state index in [9.17, 15) is 18.0 Å². The Bertz CT molecular complexity index is 1260. The van der Waals surface area contributed by atoms with Crippen LogP contribution in [0, 0.1) is 0 Å². The summed E-state index contributed by atoms with van der Waals surface area (Å²) in [6, 6.07) is 12.9. The highest BCUT2D eigenvalue weighted by Crippen LogP contribution is 2.37. The number of carbonyl (C=O) groups is 1. The molecular formula is C21H16F3N5O2. The number of methoxy groups -OCH3 is 1. The number of nitrogens with one attached hydrogen (secondary N) is 1. The summed E-state index contributed by atoms with van der Waals surface area (Å²) in [5.74, 6) is 5.77. The first-order valence-corrected chi connectivity index (χ1v) is 9.04. The van der Waals surface area contributed by atoms with Crippen molar-refractivity contribution in [3.63, 3.8) is 0 Å². The van der Waals surface area contributed by atoms with Crippen LogP contribution in [0.4, 0.5) is 19.0 Å². The predicted octanol–water partition coefficient (Wildman–Crippen LogP) is 4.17. The topological polar surface area (TPSA) is 97.1 Å². The molecule has 0 saturated heterocycles. The summed E-state index contributed by atoms with van der Waals surface area (Å²) in [4.78, 5) is 24.3. The van der Waals surface area contributed by atoms with Gasteiger partial charge in [-0.2, -0.15) is 13.2 Å². The molecule has 158 valence electrons.